The first-order chi connectivity index (χ1) is 12.6. The van der Waals surface area contributed by atoms with Crippen LogP contribution >= 0.6 is 0 Å². The lowest BCUT2D eigenvalue weighted by Gasteiger charge is -2.33. The second kappa shape index (κ2) is 7.87. The molecule has 9 nitrogen and oxygen atoms in total. The number of nitrogens with one attached hydrogen (secondary N) is 1. The molecule has 0 aliphatic carbocycles. The summed E-state index contributed by atoms with van der Waals surface area (Å²) in [6.45, 7) is 4.08. The first-order valence-corrected chi connectivity index (χ1v) is 8.39. The van der Waals surface area contributed by atoms with Crippen molar-refractivity contribution in [3.63, 3.8) is 0 Å². The predicted molar refractivity (Wildman–Crippen MR) is 99.3 cm³/mol. The zero-order valence-corrected chi connectivity index (χ0v) is 14.6. The van der Waals surface area contributed by atoms with Gasteiger partial charge in [0.1, 0.15) is 23.5 Å². The number of nitrogens with two attached hydrogens (primary N) is 1. The number of aromatic nitrogens is 2. The highest BCUT2D eigenvalue weighted by Gasteiger charge is 2.21. The maximum absolute atomic E-state index is 10.9. The predicted octanol–water partition coefficient (Wildman–Crippen LogP) is -0.0733. The molecule has 0 saturated carbocycles. The summed E-state index contributed by atoms with van der Waals surface area (Å²) in [7, 11) is 2.10. The first-order valence-electron chi connectivity index (χ1n) is 8.39. The number of non-ortho nitro benzene ring substituents is 1. The number of likely N-dealkylation sites (N-methyl/N-ethyl adjacent to an activating group) is 1. The molecule has 2 aromatic rings. The minimum atomic E-state index is -0.404. The van der Waals surface area contributed by atoms with Gasteiger partial charge >= 0.3 is 0 Å². The summed E-state index contributed by atoms with van der Waals surface area (Å²) < 4.78 is 0. The van der Waals surface area contributed by atoms with Crippen LogP contribution in [0.4, 0.5) is 17.3 Å². The Hall–Kier alpha value is -3.07. The monoisotopic (exact) mass is 356 g/mol. The molecule has 3 rings (SSSR count). The number of piperazine rings is 1. The average molecular weight is 356 g/mol. The standard InChI is InChI=1S/C17H21N7O2/c1-22-5-7-23(8-6-22)17-15(10-18)16(20-12-21-17)19-11-13-3-2-4-14(9-13)24(25)26/h2-4,9-10,12,18H,5-8,11H2,1H3,(H,19,20,21)/p+1. The fourth-order valence-electron chi connectivity index (χ4n) is 2.92. The molecule has 1 aliphatic heterocycles. The minimum absolute atomic E-state index is 0.0655. The van der Waals surface area contributed by atoms with Crippen LogP contribution in [0.25, 0.3) is 0 Å². The van der Waals surface area contributed by atoms with Crippen LogP contribution in [0.15, 0.2) is 30.6 Å². The summed E-state index contributed by atoms with van der Waals surface area (Å²) in [4.78, 5) is 23.7. The van der Waals surface area contributed by atoms with Crippen molar-refractivity contribution in [1.29, 1.82) is 0 Å². The first kappa shape index (κ1) is 17.7. The molecule has 9 heteroatoms. The van der Waals surface area contributed by atoms with Crippen molar-refractivity contribution < 1.29 is 10.3 Å². The van der Waals surface area contributed by atoms with Gasteiger partial charge in [-0.3, -0.25) is 15.5 Å². The maximum atomic E-state index is 10.9. The van der Waals surface area contributed by atoms with Crippen molar-refractivity contribution >= 4 is 23.5 Å². The Labute approximate surface area is 151 Å². The number of nitro groups is 1. The van der Waals surface area contributed by atoms with Gasteiger partial charge in [0.05, 0.1) is 4.92 Å². The number of nitro benzene ring substituents is 1. The molecule has 26 heavy (non-hydrogen) atoms. The van der Waals surface area contributed by atoms with Crippen LogP contribution in [0.1, 0.15) is 11.1 Å². The average Bonchev–Trinajstić information content (AvgIpc) is 2.67. The summed E-state index contributed by atoms with van der Waals surface area (Å²) in [5.41, 5.74) is 1.60. The van der Waals surface area contributed by atoms with Crippen molar-refractivity contribution in [3.8, 4) is 0 Å². The molecule has 136 valence electrons. The fraction of sp³-hybridized carbons (Fsp3) is 0.353. The van der Waals surface area contributed by atoms with Crippen molar-refractivity contribution in [3.05, 3.63) is 51.8 Å². The van der Waals surface area contributed by atoms with Crippen LogP contribution in [-0.2, 0) is 6.54 Å². The molecule has 0 spiro atoms. The second-order valence-corrected chi connectivity index (χ2v) is 6.20. The molecule has 2 heterocycles. The van der Waals surface area contributed by atoms with Gasteiger partial charge in [-0.15, -0.1) is 0 Å². The molecule has 0 radical (unpaired) electrons. The Balaban J connectivity index is 1.78. The summed E-state index contributed by atoms with van der Waals surface area (Å²) in [5.74, 6) is 1.42. The zero-order valence-electron chi connectivity index (χ0n) is 14.6. The normalized spacial score (nSPS) is 14.9. The molecule has 0 amide bonds. The van der Waals surface area contributed by atoms with Crippen LogP contribution in [0.2, 0.25) is 0 Å². The van der Waals surface area contributed by atoms with E-state index in [1.165, 1.54) is 18.6 Å². The van der Waals surface area contributed by atoms with E-state index >= 15 is 0 Å². The van der Waals surface area contributed by atoms with Crippen LogP contribution in [0.3, 0.4) is 0 Å². The van der Waals surface area contributed by atoms with E-state index < -0.39 is 4.92 Å². The van der Waals surface area contributed by atoms with Gasteiger partial charge in [-0.2, -0.15) is 0 Å². The SMILES string of the molecule is CN1CCN(c2ncnc(NCc3cccc([N+](=O)[O-])c3)c2C=[NH2+])CC1. The molecule has 1 saturated heterocycles. The lowest BCUT2D eigenvalue weighted by molar-refractivity contribution is -0.384. The number of anilines is 2. The highest BCUT2D eigenvalue weighted by atomic mass is 16.6. The molecule has 0 bridgehead atoms. The van der Waals surface area contributed by atoms with Gasteiger partial charge in [-0.05, 0) is 12.6 Å². The van der Waals surface area contributed by atoms with E-state index in [-0.39, 0.29) is 5.69 Å². The Morgan fingerprint density at radius 3 is 2.77 bits per heavy atom. The summed E-state index contributed by atoms with van der Waals surface area (Å²) in [6, 6.07) is 6.51. The van der Waals surface area contributed by atoms with E-state index in [4.69, 9.17) is 5.41 Å². The van der Waals surface area contributed by atoms with Crippen LogP contribution < -0.4 is 15.6 Å². The third kappa shape index (κ3) is 3.94. The van der Waals surface area contributed by atoms with Gasteiger partial charge in [0.25, 0.3) is 5.69 Å². The lowest BCUT2D eigenvalue weighted by Crippen LogP contribution is -2.45. The molecule has 3 N–H and O–H groups in total. The van der Waals surface area contributed by atoms with Gasteiger partial charge in [-0.25, -0.2) is 9.97 Å². The van der Waals surface area contributed by atoms with Gasteiger partial charge in [0.15, 0.2) is 6.21 Å². The van der Waals surface area contributed by atoms with Gasteiger partial charge < -0.3 is 15.1 Å². The van der Waals surface area contributed by atoms with E-state index in [2.05, 4.69) is 32.1 Å². The number of hydrogen-bond donors (Lipinski definition) is 2. The van der Waals surface area contributed by atoms with Gasteiger partial charge in [0, 0.05) is 44.9 Å². The smallest absolute Gasteiger partial charge is 0.269 e. The van der Waals surface area contributed by atoms with Crippen molar-refractivity contribution in [2.24, 2.45) is 0 Å². The second-order valence-electron chi connectivity index (χ2n) is 6.20. The Morgan fingerprint density at radius 1 is 1.31 bits per heavy atom. The number of hydrogen-bond acceptors (Lipinski definition) is 7. The molecule has 1 aliphatic rings. The number of rotatable bonds is 6. The largest absolute Gasteiger partial charge is 0.365 e. The molecule has 1 aromatic heterocycles. The third-order valence-corrected chi connectivity index (χ3v) is 4.41. The lowest BCUT2D eigenvalue weighted by atomic mass is 10.2. The van der Waals surface area contributed by atoms with Crippen molar-refractivity contribution in [1.82, 2.24) is 14.9 Å². The zero-order chi connectivity index (χ0) is 18.5. The highest BCUT2D eigenvalue weighted by molar-refractivity contribution is 5.89. The van der Waals surface area contributed by atoms with Gasteiger partial charge in [-0.1, -0.05) is 12.1 Å². The minimum Gasteiger partial charge on any atom is -0.365 e. The van der Waals surface area contributed by atoms with E-state index in [1.54, 1.807) is 12.1 Å². The highest BCUT2D eigenvalue weighted by Crippen LogP contribution is 2.23. The quantitative estimate of drug-likeness (QED) is 0.423. The van der Waals surface area contributed by atoms with E-state index in [0.29, 0.717) is 12.4 Å². The van der Waals surface area contributed by atoms with E-state index in [9.17, 15) is 10.1 Å². The van der Waals surface area contributed by atoms with E-state index in [0.717, 1.165) is 43.1 Å². The summed E-state index contributed by atoms with van der Waals surface area (Å²) >= 11 is 0. The maximum Gasteiger partial charge on any atom is 0.269 e. The molecule has 0 atom stereocenters. The van der Waals surface area contributed by atoms with Crippen LogP contribution in [-0.4, -0.2) is 59.2 Å². The molecule has 0 unspecified atom stereocenters. The molecular weight excluding hydrogens is 334 g/mol. The Bertz CT molecular complexity index is 803. The summed E-state index contributed by atoms with van der Waals surface area (Å²) in [5, 5.41) is 20.0. The van der Waals surface area contributed by atoms with Gasteiger partial charge in [0.2, 0.25) is 0 Å². The Morgan fingerprint density at radius 2 is 2.08 bits per heavy atom. The topological polar surface area (TPSA) is 113 Å². The van der Waals surface area contributed by atoms with Crippen molar-refractivity contribution in [2.45, 2.75) is 6.54 Å². The molecule has 1 fully saturated rings. The number of benzene rings is 1. The number of nitrogens with zero attached hydrogens (tertiary/aromatic N) is 5. The third-order valence-electron chi connectivity index (χ3n) is 4.41. The fourth-order valence-corrected chi connectivity index (χ4v) is 2.92. The molecule has 1 aromatic carbocycles. The molecular formula is C17H22N7O2+. The summed E-state index contributed by atoms with van der Waals surface area (Å²) in [6.07, 6.45) is 3.01. The van der Waals surface area contributed by atoms with E-state index in [1.807, 2.05) is 6.07 Å². The van der Waals surface area contributed by atoms with Crippen molar-refractivity contribution in [2.75, 3.05) is 43.4 Å². The van der Waals surface area contributed by atoms with Crippen LogP contribution in [0, 0.1) is 10.1 Å². The van der Waals surface area contributed by atoms with Crippen LogP contribution in [0.5, 0.6) is 0 Å². The Kier molecular flexibility index (Phi) is 5.37.